The SMILES string of the molecule is CNC(=O)C[S@@](=O)CC(=O)Nc1cc(OCCOC)c(Cl)cc1Cl. The number of anilines is 1. The standard InChI is InChI=1S/C14H18Cl2N2O5S/c1-17-13(19)7-24(21)8-14(20)18-11-6-12(23-4-3-22-2)10(16)5-9(11)15/h5-6H,3-4,7-8H2,1-2H3,(H,17,19)(H,18,20)/t24-/m1/s1. The first-order chi connectivity index (χ1) is 11.4. The van der Waals surface area contributed by atoms with Gasteiger partial charge in [-0.1, -0.05) is 23.2 Å². The highest BCUT2D eigenvalue weighted by atomic mass is 35.5. The van der Waals surface area contributed by atoms with Gasteiger partial charge in [0.1, 0.15) is 23.9 Å². The highest BCUT2D eigenvalue weighted by Gasteiger charge is 2.15. The van der Waals surface area contributed by atoms with Crippen molar-refractivity contribution in [1.29, 1.82) is 0 Å². The molecule has 24 heavy (non-hydrogen) atoms. The molecule has 134 valence electrons. The summed E-state index contributed by atoms with van der Waals surface area (Å²) in [6.45, 7) is 0.653. The highest BCUT2D eigenvalue weighted by molar-refractivity contribution is 7.86. The lowest BCUT2D eigenvalue weighted by Gasteiger charge is -2.12. The van der Waals surface area contributed by atoms with Gasteiger partial charge in [-0.25, -0.2) is 0 Å². The van der Waals surface area contributed by atoms with E-state index in [9.17, 15) is 13.8 Å². The molecule has 0 bridgehead atoms. The molecule has 0 saturated carbocycles. The maximum Gasteiger partial charge on any atom is 0.237 e. The molecule has 1 aromatic carbocycles. The van der Waals surface area contributed by atoms with E-state index in [0.29, 0.717) is 12.4 Å². The van der Waals surface area contributed by atoms with Gasteiger partial charge in [-0.2, -0.15) is 0 Å². The molecule has 1 rings (SSSR count). The van der Waals surface area contributed by atoms with E-state index in [-0.39, 0.29) is 33.8 Å². The Balaban J connectivity index is 2.72. The molecule has 0 spiro atoms. The van der Waals surface area contributed by atoms with Gasteiger partial charge < -0.3 is 20.1 Å². The second-order valence-corrected chi connectivity index (χ2v) is 6.82. The zero-order valence-corrected chi connectivity index (χ0v) is 15.5. The van der Waals surface area contributed by atoms with Gasteiger partial charge in [0.2, 0.25) is 11.8 Å². The highest BCUT2D eigenvalue weighted by Crippen LogP contribution is 2.34. The smallest absolute Gasteiger partial charge is 0.237 e. The van der Waals surface area contributed by atoms with Gasteiger partial charge in [0.15, 0.2) is 0 Å². The number of hydrogen-bond donors (Lipinski definition) is 2. The quantitative estimate of drug-likeness (QED) is 0.616. The van der Waals surface area contributed by atoms with E-state index in [2.05, 4.69) is 10.6 Å². The molecule has 0 aromatic heterocycles. The predicted molar refractivity (Wildman–Crippen MR) is 94.4 cm³/mol. The molecule has 1 atom stereocenters. The summed E-state index contributed by atoms with van der Waals surface area (Å²) >= 11 is 12.0. The molecule has 2 N–H and O–H groups in total. The van der Waals surface area contributed by atoms with Gasteiger partial charge in [0.05, 0.1) is 22.3 Å². The number of nitrogens with one attached hydrogen (secondary N) is 2. The van der Waals surface area contributed by atoms with Crippen molar-refractivity contribution < 1.29 is 23.3 Å². The summed E-state index contributed by atoms with van der Waals surface area (Å²) in [6, 6.07) is 2.91. The molecule has 0 heterocycles. The largest absolute Gasteiger partial charge is 0.490 e. The van der Waals surface area contributed by atoms with Crippen LogP contribution in [0.1, 0.15) is 0 Å². The first-order valence-corrected chi connectivity index (χ1v) is 9.08. The molecule has 0 saturated heterocycles. The summed E-state index contributed by atoms with van der Waals surface area (Å²) in [5, 5.41) is 5.37. The Labute approximate surface area is 152 Å². The summed E-state index contributed by atoms with van der Waals surface area (Å²) in [4.78, 5) is 23.0. The Morgan fingerprint density at radius 1 is 1.12 bits per heavy atom. The Morgan fingerprint density at radius 3 is 2.42 bits per heavy atom. The van der Waals surface area contributed by atoms with Gasteiger partial charge >= 0.3 is 0 Å². The molecule has 0 radical (unpaired) electrons. The average molecular weight is 397 g/mol. The van der Waals surface area contributed by atoms with E-state index < -0.39 is 22.6 Å². The second kappa shape index (κ2) is 10.5. The van der Waals surface area contributed by atoms with Gasteiger partial charge in [-0.3, -0.25) is 13.8 Å². The van der Waals surface area contributed by atoms with Gasteiger partial charge in [0.25, 0.3) is 0 Å². The van der Waals surface area contributed by atoms with Crippen LogP contribution in [0.5, 0.6) is 5.75 Å². The zero-order chi connectivity index (χ0) is 18.1. The minimum Gasteiger partial charge on any atom is -0.490 e. The van der Waals surface area contributed by atoms with E-state index in [1.54, 1.807) is 0 Å². The molecule has 10 heteroatoms. The molecular formula is C14H18Cl2N2O5S. The van der Waals surface area contributed by atoms with Crippen molar-refractivity contribution in [3.05, 3.63) is 22.2 Å². The van der Waals surface area contributed by atoms with Crippen LogP contribution in [0.2, 0.25) is 10.0 Å². The fraction of sp³-hybridized carbons (Fsp3) is 0.429. The van der Waals surface area contributed by atoms with E-state index >= 15 is 0 Å². The summed E-state index contributed by atoms with van der Waals surface area (Å²) in [7, 11) is 1.35. The maximum atomic E-state index is 11.9. The van der Waals surface area contributed by atoms with Crippen molar-refractivity contribution in [2.75, 3.05) is 44.2 Å². The first-order valence-electron chi connectivity index (χ1n) is 6.83. The minimum atomic E-state index is -1.62. The third-order valence-electron chi connectivity index (χ3n) is 2.70. The summed E-state index contributed by atoms with van der Waals surface area (Å²) in [6.07, 6.45) is 0. The number of halogens is 2. The van der Waals surface area contributed by atoms with Crippen LogP contribution in [0, 0.1) is 0 Å². The number of amides is 2. The van der Waals surface area contributed by atoms with Gasteiger partial charge in [-0.15, -0.1) is 0 Å². The molecule has 7 nitrogen and oxygen atoms in total. The van der Waals surface area contributed by atoms with E-state index in [1.807, 2.05) is 0 Å². The van der Waals surface area contributed by atoms with Crippen molar-refractivity contribution in [2.45, 2.75) is 0 Å². The second-order valence-electron chi connectivity index (χ2n) is 4.55. The monoisotopic (exact) mass is 396 g/mol. The van der Waals surface area contributed by atoms with Gasteiger partial charge in [0, 0.05) is 31.0 Å². The topological polar surface area (TPSA) is 93.7 Å². The number of carbonyl (C=O) groups is 2. The summed E-state index contributed by atoms with van der Waals surface area (Å²) in [5.74, 6) is -1.18. The zero-order valence-electron chi connectivity index (χ0n) is 13.2. The number of rotatable bonds is 9. The van der Waals surface area contributed by atoms with Crippen molar-refractivity contribution >= 4 is 51.5 Å². The fourth-order valence-corrected chi connectivity index (χ4v) is 2.96. The maximum absolute atomic E-state index is 11.9. The van der Waals surface area contributed by atoms with Crippen molar-refractivity contribution in [1.82, 2.24) is 5.32 Å². The normalized spacial score (nSPS) is 11.7. The molecule has 0 fully saturated rings. The number of benzene rings is 1. The lowest BCUT2D eigenvalue weighted by Crippen LogP contribution is -2.28. The van der Waals surface area contributed by atoms with Crippen LogP contribution in [-0.4, -0.2) is 54.9 Å². The summed E-state index contributed by atoms with van der Waals surface area (Å²) in [5.41, 5.74) is 0.274. The number of methoxy groups -OCH3 is 1. The molecular weight excluding hydrogens is 379 g/mol. The number of carbonyl (C=O) groups excluding carboxylic acids is 2. The van der Waals surface area contributed by atoms with E-state index in [4.69, 9.17) is 32.7 Å². The molecule has 0 aliphatic rings. The lowest BCUT2D eigenvalue weighted by atomic mass is 10.3. The third-order valence-corrected chi connectivity index (χ3v) is 4.48. The molecule has 0 aliphatic carbocycles. The Morgan fingerprint density at radius 2 is 1.79 bits per heavy atom. The van der Waals surface area contributed by atoms with Crippen LogP contribution >= 0.6 is 23.2 Å². The average Bonchev–Trinajstić information content (AvgIpc) is 2.51. The third kappa shape index (κ3) is 7.04. The van der Waals surface area contributed by atoms with Gasteiger partial charge in [-0.05, 0) is 6.07 Å². The summed E-state index contributed by atoms with van der Waals surface area (Å²) < 4.78 is 22.0. The Bertz CT molecular complexity index is 627. The van der Waals surface area contributed by atoms with Crippen molar-refractivity contribution in [3.8, 4) is 5.75 Å². The molecule has 0 unspecified atom stereocenters. The lowest BCUT2D eigenvalue weighted by molar-refractivity contribution is -0.118. The number of ether oxygens (including phenoxy) is 2. The van der Waals surface area contributed by atoms with Crippen LogP contribution < -0.4 is 15.4 Å². The van der Waals surface area contributed by atoms with Crippen LogP contribution in [-0.2, 0) is 25.1 Å². The fourth-order valence-electron chi connectivity index (χ4n) is 1.57. The van der Waals surface area contributed by atoms with Crippen LogP contribution in [0.3, 0.4) is 0 Å². The van der Waals surface area contributed by atoms with Crippen LogP contribution in [0.4, 0.5) is 5.69 Å². The molecule has 1 aromatic rings. The number of hydrogen-bond acceptors (Lipinski definition) is 5. The van der Waals surface area contributed by atoms with Crippen LogP contribution in [0.15, 0.2) is 12.1 Å². The minimum absolute atomic E-state index is 0.213. The first kappa shape index (κ1) is 20.7. The Kier molecular flexibility index (Phi) is 9.05. The molecule has 0 aliphatic heterocycles. The van der Waals surface area contributed by atoms with Crippen molar-refractivity contribution in [2.24, 2.45) is 0 Å². The van der Waals surface area contributed by atoms with Crippen LogP contribution in [0.25, 0.3) is 0 Å². The van der Waals surface area contributed by atoms with Crippen molar-refractivity contribution in [3.63, 3.8) is 0 Å². The van der Waals surface area contributed by atoms with E-state index in [0.717, 1.165) is 0 Å². The predicted octanol–water partition coefficient (Wildman–Crippen LogP) is 1.45. The molecule has 2 amide bonds. The van der Waals surface area contributed by atoms with E-state index in [1.165, 1.54) is 26.3 Å². The Hall–Kier alpha value is -1.35.